The van der Waals surface area contributed by atoms with Gasteiger partial charge in [-0.15, -0.1) is 0 Å². The van der Waals surface area contributed by atoms with E-state index in [1.807, 2.05) is 77.7 Å². The van der Waals surface area contributed by atoms with Crippen molar-refractivity contribution in [3.63, 3.8) is 0 Å². The van der Waals surface area contributed by atoms with Crippen molar-refractivity contribution >= 4 is 5.91 Å². The minimum atomic E-state index is -0.266. The number of rotatable bonds is 5. The van der Waals surface area contributed by atoms with Gasteiger partial charge in [0.25, 0.3) is 0 Å². The zero-order valence-corrected chi connectivity index (χ0v) is 15.8. The first kappa shape index (κ1) is 18.2. The van der Waals surface area contributed by atoms with Crippen molar-refractivity contribution < 1.29 is 9.53 Å². The second kappa shape index (κ2) is 8.70. The van der Waals surface area contributed by atoms with Gasteiger partial charge in [-0.05, 0) is 23.3 Å². The first-order valence-electron chi connectivity index (χ1n) is 9.76. The first-order valence-corrected chi connectivity index (χ1v) is 9.76. The van der Waals surface area contributed by atoms with Crippen LogP contribution in [-0.4, -0.2) is 35.0 Å². The molecule has 1 saturated heterocycles. The zero-order chi connectivity index (χ0) is 19.2. The molecule has 3 aromatic rings. The predicted octanol–water partition coefficient (Wildman–Crippen LogP) is 4.28. The summed E-state index contributed by atoms with van der Waals surface area (Å²) in [6.45, 7) is 1.42. The molecular formula is C24H24N2O2. The lowest BCUT2D eigenvalue weighted by atomic mass is 9.89. The number of likely N-dealkylation sites (tertiary alicyclic amines) is 1. The van der Waals surface area contributed by atoms with Crippen molar-refractivity contribution in [2.45, 2.75) is 24.9 Å². The van der Waals surface area contributed by atoms with Gasteiger partial charge in [0.1, 0.15) is 11.9 Å². The third-order valence-corrected chi connectivity index (χ3v) is 5.20. The molecule has 0 N–H and O–H groups in total. The van der Waals surface area contributed by atoms with E-state index >= 15 is 0 Å². The molecule has 1 fully saturated rings. The Kier molecular flexibility index (Phi) is 5.66. The molecule has 1 aliphatic heterocycles. The number of carbonyl (C=O) groups is 1. The van der Waals surface area contributed by atoms with Gasteiger partial charge in [0.05, 0.1) is 12.1 Å². The Bertz CT molecular complexity index is 837. The lowest BCUT2D eigenvalue weighted by molar-refractivity contribution is -0.133. The van der Waals surface area contributed by atoms with Crippen molar-refractivity contribution in [2.24, 2.45) is 0 Å². The largest absolute Gasteiger partial charge is 0.489 e. The van der Waals surface area contributed by atoms with Crippen LogP contribution in [0, 0.1) is 0 Å². The molecule has 0 atom stereocenters. The number of pyridine rings is 1. The van der Waals surface area contributed by atoms with E-state index in [1.54, 1.807) is 12.4 Å². The standard InChI is InChI=1S/C24H24N2O2/c27-24(23(19-8-3-1-4-9-19)20-10-5-2-6-11-20)26-16-13-21(14-17-26)28-22-12-7-15-25-18-22/h1-12,15,18,21,23H,13-14,16-17H2. The Morgan fingerprint density at radius 1 is 0.893 bits per heavy atom. The fraction of sp³-hybridized carbons (Fsp3) is 0.250. The fourth-order valence-electron chi connectivity index (χ4n) is 3.75. The normalized spacial score (nSPS) is 14.8. The van der Waals surface area contributed by atoms with Crippen LogP contribution in [0.5, 0.6) is 5.75 Å². The maximum atomic E-state index is 13.4. The minimum Gasteiger partial charge on any atom is -0.489 e. The van der Waals surface area contributed by atoms with Crippen LogP contribution in [0.3, 0.4) is 0 Å². The van der Waals surface area contributed by atoms with Crippen LogP contribution in [0.15, 0.2) is 85.2 Å². The summed E-state index contributed by atoms with van der Waals surface area (Å²) in [5, 5.41) is 0. The van der Waals surface area contributed by atoms with E-state index in [0.29, 0.717) is 13.1 Å². The average Bonchev–Trinajstić information content (AvgIpc) is 2.77. The second-order valence-electron chi connectivity index (χ2n) is 7.09. The van der Waals surface area contributed by atoms with Gasteiger partial charge >= 0.3 is 0 Å². The van der Waals surface area contributed by atoms with E-state index in [4.69, 9.17) is 4.74 Å². The van der Waals surface area contributed by atoms with Gasteiger partial charge in [-0.3, -0.25) is 9.78 Å². The Morgan fingerprint density at radius 3 is 2.04 bits per heavy atom. The number of benzene rings is 2. The number of amides is 1. The van der Waals surface area contributed by atoms with E-state index in [2.05, 4.69) is 4.98 Å². The summed E-state index contributed by atoms with van der Waals surface area (Å²) in [6.07, 6.45) is 5.26. The van der Waals surface area contributed by atoms with Gasteiger partial charge in [-0.1, -0.05) is 60.7 Å². The number of ether oxygens (including phenoxy) is 1. The summed E-state index contributed by atoms with van der Waals surface area (Å²) in [7, 11) is 0. The van der Waals surface area contributed by atoms with Crippen LogP contribution in [-0.2, 0) is 4.79 Å². The summed E-state index contributed by atoms with van der Waals surface area (Å²) in [5.74, 6) is 0.689. The molecule has 0 saturated carbocycles. The predicted molar refractivity (Wildman–Crippen MR) is 109 cm³/mol. The van der Waals surface area contributed by atoms with Gasteiger partial charge in [-0.25, -0.2) is 0 Å². The van der Waals surface area contributed by atoms with Gasteiger partial charge < -0.3 is 9.64 Å². The Balaban J connectivity index is 1.46. The van der Waals surface area contributed by atoms with Crippen LogP contribution < -0.4 is 4.74 Å². The molecule has 0 aliphatic carbocycles. The second-order valence-corrected chi connectivity index (χ2v) is 7.09. The van der Waals surface area contributed by atoms with Crippen LogP contribution in [0.2, 0.25) is 0 Å². The first-order chi connectivity index (χ1) is 13.8. The molecule has 1 amide bonds. The Hall–Kier alpha value is -3.14. The average molecular weight is 372 g/mol. The zero-order valence-electron chi connectivity index (χ0n) is 15.8. The summed E-state index contributed by atoms with van der Waals surface area (Å²) in [6, 6.07) is 23.9. The van der Waals surface area contributed by atoms with Crippen molar-refractivity contribution in [2.75, 3.05) is 13.1 Å². The molecule has 1 aliphatic rings. The molecule has 28 heavy (non-hydrogen) atoms. The third kappa shape index (κ3) is 4.22. The number of nitrogens with zero attached hydrogens (tertiary/aromatic N) is 2. The topological polar surface area (TPSA) is 42.4 Å². The highest BCUT2D eigenvalue weighted by Gasteiger charge is 2.30. The van der Waals surface area contributed by atoms with Gasteiger partial charge in [-0.2, -0.15) is 0 Å². The van der Waals surface area contributed by atoms with Crippen molar-refractivity contribution in [3.05, 3.63) is 96.3 Å². The van der Waals surface area contributed by atoms with E-state index in [1.165, 1.54) is 0 Å². The number of carbonyl (C=O) groups excluding carboxylic acids is 1. The number of hydrogen-bond acceptors (Lipinski definition) is 3. The Labute approximate surface area is 165 Å². The molecule has 4 heteroatoms. The SMILES string of the molecule is O=C(C(c1ccccc1)c1ccccc1)N1CCC(Oc2cccnc2)CC1. The monoisotopic (exact) mass is 372 g/mol. The Morgan fingerprint density at radius 2 is 1.50 bits per heavy atom. The van der Waals surface area contributed by atoms with E-state index in [-0.39, 0.29) is 17.9 Å². The van der Waals surface area contributed by atoms with E-state index < -0.39 is 0 Å². The van der Waals surface area contributed by atoms with Crippen molar-refractivity contribution in [3.8, 4) is 5.75 Å². The summed E-state index contributed by atoms with van der Waals surface area (Å²) in [4.78, 5) is 19.5. The minimum absolute atomic E-state index is 0.125. The van der Waals surface area contributed by atoms with Crippen molar-refractivity contribution in [1.29, 1.82) is 0 Å². The molecule has 142 valence electrons. The molecule has 2 aromatic carbocycles. The smallest absolute Gasteiger partial charge is 0.234 e. The third-order valence-electron chi connectivity index (χ3n) is 5.20. The molecule has 2 heterocycles. The lowest BCUT2D eigenvalue weighted by Crippen LogP contribution is -2.44. The van der Waals surface area contributed by atoms with Crippen LogP contribution >= 0.6 is 0 Å². The molecule has 1 aromatic heterocycles. The lowest BCUT2D eigenvalue weighted by Gasteiger charge is -2.34. The van der Waals surface area contributed by atoms with Crippen LogP contribution in [0.4, 0.5) is 0 Å². The van der Waals surface area contributed by atoms with Gasteiger partial charge in [0.15, 0.2) is 0 Å². The summed E-state index contributed by atoms with van der Waals surface area (Å²) >= 11 is 0. The van der Waals surface area contributed by atoms with Gasteiger partial charge in [0, 0.05) is 32.1 Å². The van der Waals surface area contributed by atoms with Gasteiger partial charge in [0.2, 0.25) is 5.91 Å². The highest BCUT2D eigenvalue weighted by Crippen LogP contribution is 2.28. The molecule has 0 spiro atoms. The van der Waals surface area contributed by atoms with Crippen molar-refractivity contribution in [1.82, 2.24) is 9.88 Å². The quantitative estimate of drug-likeness (QED) is 0.671. The summed E-state index contributed by atoms with van der Waals surface area (Å²) < 4.78 is 6.01. The maximum Gasteiger partial charge on any atom is 0.234 e. The number of hydrogen-bond donors (Lipinski definition) is 0. The summed E-state index contributed by atoms with van der Waals surface area (Å²) in [5.41, 5.74) is 2.07. The number of aromatic nitrogens is 1. The van der Waals surface area contributed by atoms with Crippen LogP contribution in [0.1, 0.15) is 29.9 Å². The van der Waals surface area contributed by atoms with Crippen LogP contribution in [0.25, 0.3) is 0 Å². The maximum absolute atomic E-state index is 13.4. The molecule has 0 radical (unpaired) electrons. The molecule has 0 unspecified atom stereocenters. The fourth-order valence-corrected chi connectivity index (χ4v) is 3.75. The molecule has 4 rings (SSSR count). The molecule has 0 bridgehead atoms. The number of piperidine rings is 1. The molecular weight excluding hydrogens is 348 g/mol. The highest BCUT2D eigenvalue weighted by atomic mass is 16.5. The van der Waals surface area contributed by atoms with E-state index in [9.17, 15) is 4.79 Å². The van der Waals surface area contributed by atoms with E-state index in [0.717, 1.165) is 29.7 Å². The molecule has 4 nitrogen and oxygen atoms in total. The highest BCUT2D eigenvalue weighted by molar-refractivity contribution is 5.87.